The third-order valence-electron chi connectivity index (χ3n) is 6.01. The predicted octanol–water partition coefficient (Wildman–Crippen LogP) is 7.39. The first-order chi connectivity index (χ1) is 15.2. The zero-order valence-corrected chi connectivity index (χ0v) is 18.0. The molecule has 0 spiro atoms. The van der Waals surface area contributed by atoms with Gasteiger partial charge >= 0.3 is 0 Å². The van der Waals surface area contributed by atoms with E-state index in [1.807, 2.05) is 47.5 Å². The zero-order chi connectivity index (χ0) is 20.9. The van der Waals surface area contributed by atoms with Crippen LogP contribution in [0.2, 0.25) is 10.0 Å². The van der Waals surface area contributed by atoms with Crippen molar-refractivity contribution in [1.82, 2.24) is 5.01 Å². The summed E-state index contributed by atoms with van der Waals surface area (Å²) in [4.78, 5) is 0. The Morgan fingerprint density at radius 1 is 0.806 bits per heavy atom. The second kappa shape index (κ2) is 7.30. The SMILES string of the molecule is Clc1ccc2c(c1)[C@@H]1CC(c3ccc4ccccc4c3)=NN1[C@H](c1ccccc1Cl)O2. The first-order valence-corrected chi connectivity index (χ1v) is 11.0. The van der Waals surface area contributed by atoms with E-state index >= 15 is 0 Å². The molecule has 0 radical (unpaired) electrons. The fourth-order valence-corrected chi connectivity index (χ4v) is 4.89. The maximum absolute atomic E-state index is 6.54. The molecule has 0 aliphatic carbocycles. The Balaban J connectivity index is 1.47. The van der Waals surface area contributed by atoms with Crippen molar-refractivity contribution >= 4 is 39.7 Å². The average Bonchev–Trinajstić information content (AvgIpc) is 3.25. The molecule has 0 fully saturated rings. The highest BCUT2D eigenvalue weighted by Crippen LogP contribution is 2.49. The van der Waals surface area contributed by atoms with Gasteiger partial charge in [0.25, 0.3) is 0 Å². The molecule has 5 heteroatoms. The van der Waals surface area contributed by atoms with Gasteiger partial charge in [-0.15, -0.1) is 0 Å². The number of nitrogens with zero attached hydrogens (tertiary/aromatic N) is 2. The quantitative estimate of drug-likeness (QED) is 0.321. The van der Waals surface area contributed by atoms with Gasteiger partial charge in [0, 0.05) is 27.6 Å². The smallest absolute Gasteiger partial charge is 0.215 e. The van der Waals surface area contributed by atoms with Crippen LogP contribution in [0.1, 0.15) is 35.4 Å². The molecule has 0 saturated carbocycles. The molecule has 6 rings (SSSR count). The van der Waals surface area contributed by atoms with Crippen molar-refractivity contribution in [3.63, 3.8) is 0 Å². The van der Waals surface area contributed by atoms with Crippen molar-refractivity contribution in [2.24, 2.45) is 5.10 Å². The first kappa shape index (κ1) is 18.7. The van der Waals surface area contributed by atoms with Crippen LogP contribution in [-0.2, 0) is 0 Å². The standard InChI is InChI=1S/C26H18Cl2N2O/c27-19-11-12-25-21(14-19)24-15-23(18-10-9-16-5-1-2-6-17(16)13-18)29-30(24)26(31-25)20-7-3-4-8-22(20)28/h1-14,24,26H,15H2/t24-,26-/m0/s1. The Morgan fingerprint density at radius 2 is 1.61 bits per heavy atom. The van der Waals surface area contributed by atoms with Gasteiger partial charge in [-0.1, -0.05) is 77.8 Å². The number of rotatable bonds is 2. The van der Waals surface area contributed by atoms with Crippen molar-refractivity contribution < 1.29 is 4.74 Å². The molecule has 4 aromatic rings. The monoisotopic (exact) mass is 444 g/mol. The topological polar surface area (TPSA) is 24.8 Å². The Labute approximate surface area is 190 Å². The maximum Gasteiger partial charge on any atom is 0.215 e. The average molecular weight is 445 g/mol. The number of halogens is 2. The molecule has 0 N–H and O–H groups in total. The van der Waals surface area contributed by atoms with Crippen LogP contribution < -0.4 is 4.74 Å². The summed E-state index contributed by atoms with van der Waals surface area (Å²) in [7, 11) is 0. The third-order valence-corrected chi connectivity index (χ3v) is 6.59. The number of hydrogen-bond donors (Lipinski definition) is 0. The van der Waals surface area contributed by atoms with Gasteiger partial charge < -0.3 is 4.74 Å². The van der Waals surface area contributed by atoms with Gasteiger partial charge in [-0.05, 0) is 46.7 Å². The van der Waals surface area contributed by atoms with E-state index in [0.29, 0.717) is 10.0 Å². The zero-order valence-electron chi connectivity index (χ0n) is 16.5. The molecule has 31 heavy (non-hydrogen) atoms. The highest BCUT2D eigenvalue weighted by molar-refractivity contribution is 6.31. The molecule has 152 valence electrons. The second-order valence-electron chi connectivity index (χ2n) is 7.88. The van der Waals surface area contributed by atoms with Crippen LogP contribution in [0.3, 0.4) is 0 Å². The van der Waals surface area contributed by atoms with Gasteiger partial charge in [0.2, 0.25) is 6.23 Å². The number of hydrogen-bond acceptors (Lipinski definition) is 3. The van der Waals surface area contributed by atoms with E-state index in [1.54, 1.807) is 0 Å². The highest BCUT2D eigenvalue weighted by atomic mass is 35.5. The molecule has 0 amide bonds. The lowest BCUT2D eigenvalue weighted by Gasteiger charge is -2.38. The van der Waals surface area contributed by atoms with E-state index in [1.165, 1.54) is 10.8 Å². The molecule has 0 saturated heterocycles. The van der Waals surface area contributed by atoms with Crippen molar-refractivity contribution in [2.75, 3.05) is 0 Å². The van der Waals surface area contributed by atoms with Crippen molar-refractivity contribution in [3.05, 3.63) is 112 Å². The van der Waals surface area contributed by atoms with Crippen molar-refractivity contribution in [3.8, 4) is 5.75 Å². The van der Waals surface area contributed by atoms with E-state index in [4.69, 9.17) is 33.0 Å². The van der Waals surface area contributed by atoms with Gasteiger partial charge in [-0.2, -0.15) is 5.10 Å². The molecular weight excluding hydrogens is 427 g/mol. The van der Waals surface area contributed by atoms with Crippen molar-refractivity contribution in [1.29, 1.82) is 0 Å². The summed E-state index contributed by atoms with van der Waals surface area (Å²) in [6.07, 6.45) is 0.376. The molecule has 0 unspecified atom stereocenters. The molecule has 2 aliphatic rings. The number of fused-ring (bicyclic) bond motifs is 4. The van der Waals surface area contributed by atoms with Gasteiger partial charge in [0.05, 0.1) is 11.8 Å². The molecule has 3 nitrogen and oxygen atoms in total. The van der Waals surface area contributed by atoms with Gasteiger partial charge in [-0.3, -0.25) is 0 Å². The van der Waals surface area contributed by atoms with Crippen LogP contribution in [0.4, 0.5) is 0 Å². The molecule has 2 atom stereocenters. The minimum Gasteiger partial charge on any atom is -0.464 e. The van der Waals surface area contributed by atoms with E-state index in [2.05, 4.69) is 42.5 Å². The number of hydrazone groups is 1. The normalized spacial score (nSPS) is 19.5. The molecule has 2 heterocycles. The van der Waals surface area contributed by atoms with Gasteiger partial charge in [0.1, 0.15) is 5.75 Å². The Morgan fingerprint density at radius 3 is 2.48 bits per heavy atom. The third kappa shape index (κ3) is 3.16. The summed E-state index contributed by atoms with van der Waals surface area (Å²) < 4.78 is 6.40. The van der Waals surface area contributed by atoms with Gasteiger partial charge in [0.15, 0.2) is 0 Å². The summed E-state index contributed by atoms with van der Waals surface area (Å²) in [5.74, 6) is 0.825. The maximum atomic E-state index is 6.54. The molecule has 4 aromatic carbocycles. The largest absolute Gasteiger partial charge is 0.464 e. The summed E-state index contributed by atoms with van der Waals surface area (Å²) >= 11 is 12.9. The minimum absolute atomic E-state index is 0.0326. The first-order valence-electron chi connectivity index (χ1n) is 10.2. The number of ether oxygens (including phenoxy) is 1. The van der Waals surface area contributed by atoms with E-state index < -0.39 is 6.23 Å². The predicted molar refractivity (Wildman–Crippen MR) is 126 cm³/mol. The van der Waals surface area contributed by atoms with E-state index in [0.717, 1.165) is 34.6 Å². The lowest BCUT2D eigenvalue weighted by Crippen LogP contribution is -2.33. The van der Waals surface area contributed by atoms with Crippen molar-refractivity contribution in [2.45, 2.75) is 18.7 Å². The molecule has 0 aromatic heterocycles. The summed E-state index contributed by atoms with van der Waals surface area (Å²) in [5.41, 5.74) is 4.10. The molecule has 2 aliphatic heterocycles. The lowest BCUT2D eigenvalue weighted by molar-refractivity contribution is -0.0189. The van der Waals surface area contributed by atoms with Crippen LogP contribution in [0.25, 0.3) is 10.8 Å². The highest BCUT2D eigenvalue weighted by Gasteiger charge is 2.41. The summed E-state index contributed by atoms with van der Waals surface area (Å²) in [6.45, 7) is 0. The minimum atomic E-state index is -0.398. The Kier molecular flexibility index (Phi) is 4.41. The lowest BCUT2D eigenvalue weighted by atomic mass is 9.95. The Hall–Kier alpha value is -3.01. The van der Waals surface area contributed by atoms with Crippen LogP contribution in [-0.4, -0.2) is 10.7 Å². The number of benzene rings is 4. The summed E-state index contributed by atoms with van der Waals surface area (Å²) in [6, 6.07) is 28.5. The Bertz CT molecular complexity index is 1350. The second-order valence-corrected chi connectivity index (χ2v) is 8.73. The fourth-order valence-electron chi connectivity index (χ4n) is 4.48. The summed E-state index contributed by atoms with van der Waals surface area (Å²) in [5, 5.41) is 10.9. The molecular formula is C26H18Cl2N2O. The molecule has 0 bridgehead atoms. The van der Waals surface area contributed by atoms with Crippen LogP contribution in [0.5, 0.6) is 5.75 Å². The van der Waals surface area contributed by atoms with Crippen LogP contribution in [0, 0.1) is 0 Å². The van der Waals surface area contributed by atoms with E-state index in [9.17, 15) is 0 Å². The van der Waals surface area contributed by atoms with Crippen LogP contribution >= 0.6 is 23.2 Å². The fraction of sp³-hybridized carbons (Fsp3) is 0.115. The van der Waals surface area contributed by atoms with E-state index in [-0.39, 0.29) is 6.04 Å². The van der Waals surface area contributed by atoms with Gasteiger partial charge in [-0.25, -0.2) is 5.01 Å². The van der Waals surface area contributed by atoms with Crippen LogP contribution in [0.15, 0.2) is 90.0 Å².